The van der Waals surface area contributed by atoms with Gasteiger partial charge in [-0.15, -0.1) is 0 Å². The second-order valence-electron chi connectivity index (χ2n) is 4.43. The van der Waals surface area contributed by atoms with E-state index in [1.807, 2.05) is 11.5 Å². The Hall–Kier alpha value is -2.74. The van der Waals surface area contributed by atoms with Crippen LogP contribution in [0, 0.1) is 10.1 Å². The summed E-state index contributed by atoms with van der Waals surface area (Å²) in [6, 6.07) is 7.76. The van der Waals surface area contributed by atoms with Crippen LogP contribution in [0.25, 0.3) is 10.2 Å². The fourth-order valence-electron chi connectivity index (χ4n) is 2.11. The highest BCUT2D eigenvalue weighted by Gasteiger charge is 2.13. The van der Waals surface area contributed by atoms with E-state index in [4.69, 9.17) is 4.42 Å². The Kier molecular flexibility index (Phi) is 3.60. The van der Waals surface area contributed by atoms with Crippen molar-refractivity contribution in [2.24, 2.45) is 4.99 Å². The number of aromatic nitrogens is 1. The summed E-state index contributed by atoms with van der Waals surface area (Å²) in [5.74, 6) is -0.320. The number of nitro benzene ring substituents is 1. The van der Waals surface area contributed by atoms with Crippen molar-refractivity contribution in [3.63, 3.8) is 0 Å². The molecule has 0 saturated carbocycles. The number of fused-ring (bicyclic) bond motifs is 1. The minimum Gasteiger partial charge on any atom is -0.459 e. The molecule has 1 amide bonds. The zero-order valence-electron chi connectivity index (χ0n) is 11.6. The topological polar surface area (TPSA) is 90.6 Å². The van der Waals surface area contributed by atoms with Crippen molar-refractivity contribution in [3.05, 3.63) is 57.3 Å². The smallest absolute Gasteiger partial charge is 0.315 e. The van der Waals surface area contributed by atoms with Gasteiger partial charge in [0.2, 0.25) is 0 Å². The average molecular weight is 317 g/mol. The Morgan fingerprint density at radius 2 is 2.27 bits per heavy atom. The second-order valence-corrected chi connectivity index (χ2v) is 5.44. The number of furan rings is 1. The van der Waals surface area contributed by atoms with Crippen LogP contribution in [0.4, 0.5) is 5.69 Å². The first kappa shape index (κ1) is 14.2. The largest absolute Gasteiger partial charge is 0.459 e. The molecular weight excluding hydrogens is 306 g/mol. The van der Waals surface area contributed by atoms with Gasteiger partial charge < -0.3 is 8.98 Å². The molecule has 0 unspecified atom stereocenters. The Balaban J connectivity index is 2.17. The zero-order chi connectivity index (χ0) is 15.7. The van der Waals surface area contributed by atoms with E-state index in [9.17, 15) is 14.9 Å². The number of nitrogens with zero attached hydrogens (tertiary/aromatic N) is 3. The Morgan fingerprint density at radius 3 is 2.91 bits per heavy atom. The molecule has 0 radical (unpaired) electrons. The molecule has 8 heteroatoms. The number of thiazole rings is 1. The van der Waals surface area contributed by atoms with Gasteiger partial charge in [0.15, 0.2) is 10.6 Å². The monoisotopic (exact) mass is 317 g/mol. The first-order valence-corrected chi connectivity index (χ1v) is 7.32. The van der Waals surface area contributed by atoms with E-state index in [0.29, 0.717) is 16.0 Å². The third-order valence-corrected chi connectivity index (χ3v) is 4.16. The molecule has 0 spiro atoms. The summed E-state index contributed by atoms with van der Waals surface area (Å²) in [6.07, 6.45) is 1.41. The van der Waals surface area contributed by atoms with Crippen molar-refractivity contribution in [1.82, 2.24) is 4.57 Å². The van der Waals surface area contributed by atoms with Crippen LogP contribution in [0.3, 0.4) is 0 Å². The number of amides is 1. The first-order chi connectivity index (χ1) is 10.6. The van der Waals surface area contributed by atoms with Crippen LogP contribution in [0.1, 0.15) is 17.5 Å². The molecule has 7 nitrogen and oxygen atoms in total. The average Bonchev–Trinajstić information content (AvgIpc) is 3.13. The molecule has 2 aromatic heterocycles. The fourth-order valence-corrected chi connectivity index (χ4v) is 3.23. The number of carbonyl (C=O) groups is 1. The molecule has 0 bridgehead atoms. The normalized spacial score (nSPS) is 12.0. The second kappa shape index (κ2) is 5.57. The van der Waals surface area contributed by atoms with E-state index in [1.165, 1.54) is 29.7 Å². The fraction of sp³-hybridized carbons (Fsp3) is 0.143. The van der Waals surface area contributed by atoms with Gasteiger partial charge in [-0.1, -0.05) is 11.3 Å². The number of hydrogen-bond acceptors (Lipinski definition) is 5. The lowest BCUT2D eigenvalue weighted by atomic mass is 10.3. The number of benzene rings is 1. The number of carbonyl (C=O) groups excluding carboxylic acids is 1. The van der Waals surface area contributed by atoms with Crippen LogP contribution < -0.4 is 4.80 Å². The number of rotatable bonds is 3. The lowest BCUT2D eigenvalue weighted by Crippen LogP contribution is -2.15. The molecule has 0 atom stereocenters. The number of nitro groups is 1. The van der Waals surface area contributed by atoms with Crippen molar-refractivity contribution in [1.29, 1.82) is 0 Å². The zero-order valence-corrected chi connectivity index (χ0v) is 12.4. The highest BCUT2D eigenvalue weighted by atomic mass is 32.1. The van der Waals surface area contributed by atoms with E-state index in [-0.39, 0.29) is 11.4 Å². The Morgan fingerprint density at radius 1 is 1.45 bits per heavy atom. The summed E-state index contributed by atoms with van der Waals surface area (Å²) in [5, 5.41) is 10.9. The van der Waals surface area contributed by atoms with Crippen LogP contribution in [-0.2, 0) is 6.54 Å². The van der Waals surface area contributed by atoms with Crippen molar-refractivity contribution in [3.8, 4) is 0 Å². The molecule has 0 aliphatic heterocycles. The van der Waals surface area contributed by atoms with E-state index in [1.54, 1.807) is 18.2 Å². The predicted molar refractivity (Wildman–Crippen MR) is 80.7 cm³/mol. The highest BCUT2D eigenvalue weighted by molar-refractivity contribution is 7.16. The van der Waals surface area contributed by atoms with E-state index < -0.39 is 10.8 Å². The molecule has 0 N–H and O–H groups in total. The van der Waals surface area contributed by atoms with Crippen molar-refractivity contribution >= 4 is 33.1 Å². The van der Waals surface area contributed by atoms with Gasteiger partial charge >= 0.3 is 5.91 Å². The van der Waals surface area contributed by atoms with Crippen molar-refractivity contribution < 1.29 is 14.1 Å². The third kappa shape index (κ3) is 2.44. The standard InChI is InChI=1S/C14H11N3O4S/c1-2-16-10-6-5-9(17(19)20)8-12(10)22-14(16)15-13(18)11-4-3-7-21-11/h3-8H,2H2,1H3. The maximum absolute atomic E-state index is 12.0. The minimum atomic E-state index is -0.478. The molecule has 3 aromatic rings. The van der Waals surface area contributed by atoms with E-state index in [2.05, 4.69) is 4.99 Å². The van der Waals surface area contributed by atoms with Crippen LogP contribution in [0.2, 0.25) is 0 Å². The van der Waals surface area contributed by atoms with Gasteiger partial charge in [-0.05, 0) is 25.1 Å². The Labute approximate surface area is 128 Å². The molecule has 0 aliphatic carbocycles. The predicted octanol–water partition coefficient (Wildman–Crippen LogP) is 2.97. The number of non-ortho nitro benzene ring substituents is 1. The van der Waals surface area contributed by atoms with Crippen LogP contribution in [0.15, 0.2) is 46.0 Å². The SMILES string of the molecule is CCn1c(=NC(=O)c2ccco2)sc2cc([N+](=O)[O-])ccc21. The van der Waals surface area contributed by atoms with Gasteiger partial charge in [0.1, 0.15) is 0 Å². The van der Waals surface area contributed by atoms with Gasteiger partial charge in [-0.25, -0.2) is 0 Å². The van der Waals surface area contributed by atoms with Crippen molar-refractivity contribution in [2.45, 2.75) is 13.5 Å². The molecule has 1 aromatic carbocycles. The lowest BCUT2D eigenvalue weighted by molar-refractivity contribution is -0.384. The summed E-state index contributed by atoms with van der Waals surface area (Å²) in [6.45, 7) is 2.52. The van der Waals surface area contributed by atoms with Gasteiger partial charge in [0.05, 0.1) is 21.4 Å². The summed E-state index contributed by atoms with van der Waals surface area (Å²) >= 11 is 1.24. The molecular formula is C14H11N3O4S. The molecule has 2 heterocycles. The van der Waals surface area contributed by atoms with Gasteiger partial charge in [0.25, 0.3) is 5.69 Å². The molecule has 112 valence electrons. The maximum atomic E-state index is 12.0. The number of hydrogen-bond donors (Lipinski definition) is 0. The summed E-state index contributed by atoms with van der Waals surface area (Å²) in [7, 11) is 0. The highest BCUT2D eigenvalue weighted by Crippen LogP contribution is 2.23. The summed E-state index contributed by atoms with van der Waals surface area (Å²) < 4.78 is 7.58. The van der Waals surface area contributed by atoms with E-state index in [0.717, 1.165) is 5.52 Å². The third-order valence-electron chi connectivity index (χ3n) is 3.12. The summed E-state index contributed by atoms with van der Waals surface area (Å²) in [4.78, 5) is 27.0. The van der Waals surface area contributed by atoms with Gasteiger partial charge in [0, 0.05) is 18.7 Å². The molecule has 0 fully saturated rings. The lowest BCUT2D eigenvalue weighted by Gasteiger charge is -1.99. The van der Waals surface area contributed by atoms with E-state index >= 15 is 0 Å². The summed E-state index contributed by atoms with van der Waals surface area (Å²) in [5.41, 5.74) is 0.824. The first-order valence-electron chi connectivity index (χ1n) is 6.50. The molecule has 3 rings (SSSR count). The minimum absolute atomic E-state index is 0.0147. The van der Waals surface area contributed by atoms with Crippen LogP contribution in [-0.4, -0.2) is 15.4 Å². The van der Waals surface area contributed by atoms with Crippen LogP contribution >= 0.6 is 11.3 Å². The van der Waals surface area contributed by atoms with Crippen LogP contribution in [0.5, 0.6) is 0 Å². The molecule has 0 aliphatic rings. The number of aryl methyl sites for hydroxylation is 1. The molecule has 22 heavy (non-hydrogen) atoms. The molecule has 0 saturated heterocycles. The van der Waals surface area contributed by atoms with Gasteiger partial charge in [-0.2, -0.15) is 4.99 Å². The Bertz CT molecular complexity index is 921. The van der Waals surface area contributed by atoms with Crippen molar-refractivity contribution in [2.75, 3.05) is 0 Å². The van der Waals surface area contributed by atoms with Gasteiger partial charge in [-0.3, -0.25) is 14.9 Å². The maximum Gasteiger partial charge on any atom is 0.315 e. The quantitative estimate of drug-likeness (QED) is 0.548.